The summed E-state index contributed by atoms with van der Waals surface area (Å²) < 4.78 is 0. The van der Waals surface area contributed by atoms with Crippen LogP contribution in [0.25, 0.3) is 0 Å². The fourth-order valence-electron chi connectivity index (χ4n) is 3.36. The zero-order valence-corrected chi connectivity index (χ0v) is 17.2. The SMILES string of the molecule is CNC(=O)Cc1nc(CN2C[C@@H](CN)[C@H](c3ccccc3)C2)cs1.Cl.Cl. The first-order chi connectivity index (χ1) is 11.7. The summed E-state index contributed by atoms with van der Waals surface area (Å²) in [5.74, 6) is 0.973. The second-order valence-electron chi connectivity index (χ2n) is 6.29. The Morgan fingerprint density at radius 3 is 2.69 bits per heavy atom. The molecule has 1 aromatic carbocycles. The highest BCUT2D eigenvalue weighted by molar-refractivity contribution is 7.09. The van der Waals surface area contributed by atoms with Crippen LogP contribution in [0, 0.1) is 5.92 Å². The Kier molecular flexibility index (Phi) is 9.54. The van der Waals surface area contributed by atoms with Crippen molar-refractivity contribution in [1.82, 2.24) is 15.2 Å². The first-order valence-electron chi connectivity index (χ1n) is 8.30. The number of halogens is 2. The third-order valence-electron chi connectivity index (χ3n) is 4.62. The molecule has 1 saturated heterocycles. The van der Waals surface area contributed by atoms with Crippen LogP contribution in [0.5, 0.6) is 0 Å². The molecule has 8 heteroatoms. The quantitative estimate of drug-likeness (QED) is 0.758. The minimum Gasteiger partial charge on any atom is -0.359 e. The molecule has 0 bridgehead atoms. The van der Waals surface area contributed by atoms with Crippen molar-refractivity contribution in [2.45, 2.75) is 18.9 Å². The lowest BCUT2D eigenvalue weighted by Gasteiger charge is -2.16. The summed E-state index contributed by atoms with van der Waals surface area (Å²) >= 11 is 1.56. The number of likely N-dealkylation sites (tertiary alicyclic amines) is 1. The molecule has 1 aliphatic heterocycles. The summed E-state index contributed by atoms with van der Waals surface area (Å²) in [6, 6.07) is 10.6. The number of carbonyl (C=O) groups is 1. The van der Waals surface area contributed by atoms with Gasteiger partial charge in [0.15, 0.2) is 0 Å². The van der Waals surface area contributed by atoms with Crippen LogP contribution in [0.15, 0.2) is 35.7 Å². The topological polar surface area (TPSA) is 71.2 Å². The molecule has 2 heterocycles. The van der Waals surface area contributed by atoms with Gasteiger partial charge in [-0.3, -0.25) is 9.69 Å². The summed E-state index contributed by atoms with van der Waals surface area (Å²) in [5, 5.41) is 5.57. The van der Waals surface area contributed by atoms with Gasteiger partial charge >= 0.3 is 0 Å². The lowest BCUT2D eigenvalue weighted by atomic mass is 9.89. The van der Waals surface area contributed by atoms with Gasteiger partial charge in [-0.05, 0) is 18.0 Å². The first-order valence-corrected chi connectivity index (χ1v) is 9.18. The minimum atomic E-state index is 0. The van der Waals surface area contributed by atoms with Crippen molar-refractivity contribution in [3.05, 3.63) is 52.0 Å². The van der Waals surface area contributed by atoms with Crippen molar-refractivity contribution < 1.29 is 4.79 Å². The number of hydrogen-bond donors (Lipinski definition) is 2. The van der Waals surface area contributed by atoms with Gasteiger partial charge in [0.2, 0.25) is 5.91 Å². The molecule has 2 atom stereocenters. The largest absolute Gasteiger partial charge is 0.359 e. The van der Waals surface area contributed by atoms with E-state index in [9.17, 15) is 4.79 Å². The van der Waals surface area contributed by atoms with E-state index in [0.29, 0.717) is 24.8 Å². The smallest absolute Gasteiger partial charge is 0.226 e. The molecule has 5 nitrogen and oxygen atoms in total. The highest BCUT2D eigenvalue weighted by Crippen LogP contribution is 2.32. The van der Waals surface area contributed by atoms with Crippen LogP contribution in [-0.2, 0) is 17.8 Å². The van der Waals surface area contributed by atoms with Gasteiger partial charge in [0.05, 0.1) is 12.1 Å². The number of hydrogen-bond acceptors (Lipinski definition) is 5. The van der Waals surface area contributed by atoms with E-state index in [2.05, 4.69) is 50.9 Å². The number of likely N-dealkylation sites (N-methyl/N-ethyl adjacent to an activating group) is 1. The molecule has 0 unspecified atom stereocenters. The Bertz CT molecular complexity index is 683. The number of nitrogens with two attached hydrogens (primary N) is 1. The Balaban J connectivity index is 0.00000169. The Morgan fingerprint density at radius 1 is 1.31 bits per heavy atom. The number of aromatic nitrogens is 1. The van der Waals surface area contributed by atoms with Crippen molar-refractivity contribution in [1.29, 1.82) is 0 Å². The van der Waals surface area contributed by atoms with Crippen LogP contribution in [0.3, 0.4) is 0 Å². The molecule has 1 amide bonds. The molecule has 1 aliphatic rings. The highest BCUT2D eigenvalue weighted by atomic mass is 35.5. The minimum absolute atomic E-state index is 0. The lowest BCUT2D eigenvalue weighted by molar-refractivity contribution is -0.119. The summed E-state index contributed by atoms with van der Waals surface area (Å²) in [6.07, 6.45) is 0.360. The number of nitrogens with zero attached hydrogens (tertiary/aromatic N) is 2. The van der Waals surface area contributed by atoms with Gasteiger partial charge in [0, 0.05) is 38.0 Å². The van der Waals surface area contributed by atoms with Gasteiger partial charge in [-0.25, -0.2) is 4.98 Å². The summed E-state index contributed by atoms with van der Waals surface area (Å²) in [4.78, 5) is 18.5. The number of benzene rings is 1. The molecule has 0 aliphatic carbocycles. The van der Waals surface area contributed by atoms with Crippen molar-refractivity contribution in [2.75, 3.05) is 26.7 Å². The molecular formula is C18H26Cl2N4OS. The predicted octanol–water partition coefficient (Wildman–Crippen LogP) is 2.45. The van der Waals surface area contributed by atoms with Crippen molar-refractivity contribution in [2.24, 2.45) is 11.7 Å². The van der Waals surface area contributed by atoms with Crippen molar-refractivity contribution in [3.63, 3.8) is 0 Å². The molecule has 2 aromatic rings. The maximum atomic E-state index is 11.4. The van der Waals surface area contributed by atoms with Gasteiger partial charge in [-0.15, -0.1) is 36.2 Å². The zero-order chi connectivity index (χ0) is 16.9. The number of carbonyl (C=O) groups excluding carboxylic acids is 1. The van der Waals surface area contributed by atoms with Crippen molar-refractivity contribution >= 4 is 42.1 Å². The number of amides is 1. The number of thiazole rings is 1. The highest BCUT2D eigenvalue weighted by Gasteiger charge is 2.32. The zero-order valence-electron chi connectivity index (χ0n) is 14.8. The van der Waals surface area contributed by atoms with Crippen LogP contribution < -0.4 is 11.1 Å². The van der Waals surface area contributed by atoms with E-state index in [4.69, 9.17) is 5.73 Å². The van der Waals surface area contributed by atoms with Gasteiger partial charge in [0.1, 0.15) is 5.01 Å². The second kappa shape index (κ2) is 10.8. The normalized spacial score (nSPS) is 19.5. The van der Waals surface area contributed by atoms with Crippen LogP contribution in [0.2, 0.25) is 0 Å². The molecule has 144 valence electrons. The standard InChI is InChI=1S/C18H24N4OS.2ClH/c1-20-17(23)7-18-21-15(12-24-18)10-22-9-14(8-19)16(11-22)13-5-3-2-4-6-13;;/h2-6,12,14,16H,7-11,19H2,1H3,(H,20,23);2*1H/t14-,16+;;/m1../s1. The van der Waals surface area contributed by atoms with Gasteiger partial charge < -0.3 is 11.1 Å². The van der Waals surface area contributed by atoms with Crippen LogP contribution in [0.1, 0.15) is 22.2 Å². The maximum absolute atomic E-state index is 11.4. The van der Waals surface area contributed by atoms with E-state index < -0.39 is 0 Å². The van der Waals surface area contributed by atoms with Gasteiger partial charge in [-0.2, -0.15) is 0 Å². The fourth-order valence-corrected chi connectivity index (χ4v) is 4.15. The van der Waals surface area contributed by atoms with Crippen LogP contribution in [0.4, 0.5) is 0 Å². The van der Waals surface area contributed by atoms with Gasteiger partial charge in [0.25, 0.3) is 0 Å². The monoisotopic (exact) mass is 416 g/mol. The maximum Gasteiger partial charge on any atom is 0.226 e. The summed E-state index contributed by atoms with van der Waals surface area (Å²) in [6.45, 7) is 3.53. The lowest BCUT2D eigenvalue weighted by Crippen LogP contribution is -2.23. The molecule has 3 rings (SSSR count). The van der Waals surface area contributed by atoms with E-state index in [1.807, 2.05) is 0 Å². The van der Waals surface area contributed by atoms with E-state index in [-0.39, 0.29) is 30.7 Å². The Labute approximate surface area is 171 Å². The fraction of sp³-hybridized carbons (Fsp3) is 0.444. The number of rotatable bonds is 6. The van der Waals surface area contributed by atoms with Crippen LogP contribution >= 0.6 is 36.2 Å². The van der Waals surface area contributed by atoms with Crippen LogP contribution in [-0.4, -0.2) is 42.5 Å². The molecule has 0 spiro atoms. The second-order valence-corrected chi connectivity index (χ2v) is 7.23. The average molecular weight is 417 g/mol. The molecule has 1 aromatic heterocycles. The molecule has 0 saturated carbocycles. The third kappa shape index (κ3) is 5.66. The average Bonchev–Trinajstić information content (AvgIpc) is 3.22. The van der Waals surface area contributed by atoms with E-state index in [0.717, 1.165) is 30.3 Å². The van der Waals surface area contributed by atoms with E-state index >= 15 is 0 Å². The predicted molar refractivity (Wildman–Crippen MR) is 111 cm³/mol. The Morgan fingerprint density at radius 2 is 2.04 bits per heavy atom. The summed E-state index contributed by atoms with van der Waals surface area (Å²) in [7, 11) is 1.65. The summed E-state index contributed by atoms with van der Waals surface area (Å²) in [5.41, 5.74) is 8.42. The number of nitrogens with one attached hydrogen (secondary N) is 1. The van der Waals surface area contributed by atoms with Crippen molar-refractivity contribution in [3.8, 4) is 0 Å². The molecule has 26 heavy (non-hydrogen) atoms. The van der Waals surface area contributed by atoms with E-state index in [1.54, 1.807) is 18.4 Å². The molecule has 3 N–H and O–H groups in total. The van der Waals surface area contributed by atoms with Gasteiger partial charge in [-0.1, -0.05) is 30.3 Å². The molecule has 0 radical (unpaired) electrons. The third-order valence-corrected chi connectivity index (χ3v) is 5.52. The molecular weight excluding hydrogens is 391 g/mol. The van der Waals surface area contributed by atoms with E-state index in [1.165, 1.54) is 5.56 Å². The Hall–Kier alpha value is -1.18. The first kappa shape index (κ1) is 22.9. The molecule has 1 fully saturated rings.